The molecule has 1 aliphatic heterocycles. The molecule has 88 valence electrons. The summed E-state index contributed by atoms with van der Waals surface area (Å²) in [4.78, 5) is 4.08. The molecule has 2 heterocycles. The fourth-order valence-corrected chi connectivity index (χ4v) is 2.21. The Balaban J connectivity index is 1.93. The predicted molar refractivity (Wildman–Crippen MR) is 66.0 cm³/mol. The summed E-state index contributed by atoms with van der Waals surface area (Å²) >= 11 is 6.05. The third-order valence-electron chi connectivity index (χ3n) is 3.02. The maximum atomic E-state index is 6.05. The smallest absolute Gasteiger partial charge is 0.152 e. The van der Waals surface area contributed by atoms with E-state index in [2.05, 4.69) is 10.3 Å². The Morgan fingerprint density at radius 2 is 2.25 bits per heavy atom. The Morgan fingerprint density at radius 3 is 2.94 bits per heavy atom. The van der Waals surface area contributed by atoms with Crippen LogP contribution in [0.4, 0.5) is 5.69 Å². The van der Waals surface area contributed by atoms with Crippen LogP contribution in [0.1, 0.15) is 18.4 Å². The van der Waals surface area contributed by atoms with Gasteiger partial charge in [-0.25, -0.2) is 4.98 Å². The Kier molecular flexibility index (Phi) is 4.02. The number of hydrogen-bond donors (Lipinski definition) is 1. The lowest BCUT2D eigenvalue weighted by atomic mass is 10.0. The first kappa shape index (κ1) is 11.7. The van der Waals surface area contributed by atoms with Crippen LogP contribution in [0.25, 0.3) is 0 Å². The highest BCUT2D eigenvalue weighted by atomic mass is 35.5. The predicted octanol–water partition coefficient (Wildman–Crippen LogP) is 2.88. The minimum Gasteiger partial charge on any atom is -0.382 e. The van der Waals surface area contributed by atoms with Crippen molar-refractivity contribution in [2.75, 3.05) is 25.1 Å². The van der Waals surface area contributed by atoms with Gasteiger partial charge in [0.25, 0.3) is 0 Å². The Morgan fingerprint density at radius 1 is 1.50 bits per heavy atom. The number of nitrogens with zero attached hydrogens (tertiary/aromatic N) is 1. The molecule has 4 heteroatoms. The van der Waals surface area contributed by atoms with Gasteiger partial charge in [0.1, 0.15) is 0 Å². The van der Waals surface area contributed by atoms with Gasteiger partial charge in [-0.2, -0.15) is 0 Å². The zero-order chi connectivity index (χ0) is 11.4. The molecular formula is C12H17ClN2O. The van der Waals surface area contributed by atoms with Gasteiger partial charge in [-0.15, -0.1) is 0 Å². The zero-order valence-electron chi connectivity index (χ0n) is 9.50. The van der Waals surface area contributed by atoms with Gasteiger partial charge in [-0.3, -0.25) is 0 Å². The number of pyridine rings is 1. The highest BCUT2D eigenvalue weighted by Gasteiger charge is 2.14. The largest absolute Gasteiger partial charge is 0.382 e. The van der Waals surface area contributed by atoms with E-state index in [1.807, 2.05) is 13.0 Å². The molecule has 3 nitrogen and oxygen atoms in total. The van der Waals surface area contributed by atoms with E-state index in [4.69, 9.17) is 16.3 Å². The second kappa shape index (κ2) is 5.51. The number of halogens is 1. The third kappa shape index (κ3) is 2.86. The molecule has 0 radical (unpaired) electrons. The summed E-state index contributed by atoms with van der Waals surface area (Å²) in [6.07, 6.45) is 3.99. The zero-order valence-corrected chi connectivity index (χ0v) is 10.3. The number of nitrogens with one attached hydrogen (secondary N) is 1. The van der Waals surface area contributed by atoms with E-state index in [-0.39, 0.29) is 0 Å². The molecule has 1 aliphatic rings. The number of anilines is 1. The average Bonchev–Trinajstić information content (AvgIpc) is 2.30. The molecule has 0 spiro atoms. The molecule has 1 aromatic rings. The molecule has 0 saturated carbocycles. The maximum Gasteiger partial charge on any atom is 0.152 e. The van der Waals surface area contributed by atoms with Gasteiger partial charge in [0.05, 0.1) is 5.69 Å². The van der Waals surface area contributed by atoms with Crippen LogP contribution in [0.2, 0.25) is 5.15 Å². The summed E-state index contributed by atoms with van der Waals surface area (Å²) in [6.45, 7) is 4.76. The monoisotopic (exact) mass is 240 g/mol. The van der Waals surface area contributed by atoms with E-state index in [1.54, 1.807) is 6.20 Å². The van der Waals surface area contributed by atoms with Gasteiger partial charge < -0.3 is 10.1 Å². The molecule has 2 rings (SSSR count). The molecule has 0 atom stereocenters. The molecule has 1 aromatic heterocycles. The van der Waals surface area contributed by atoms with Crippen molar-refractivity contribution in [3.05, 3.63) is 23.0 Å². The van der Waals surface area contributed by atoms with Crippen molar-refractivity contribution in [1.82, 2.24) is 4.98 Å². The van der Waals surface area contributed by atoms with Crippen molar-refractivity contribution < 1.29 is 4.74 Å². The van der Waals surface area contributed by atoms with Gasteiger partial charge in [0.15, 0.2) is 5.15 Å². The van der Waals surface area contributed by atoms with Gasteiger partial charge >= 0.3 is 0 Å². The Bertz CT molecular complexity index is 331. The molecule has 0 aliphatic carbocycles. The third-order valence-corrected chi connectivity index (χ3v) is 3.31. The van der Waals surface area contributed by atoms with Crippen molar-refractivity contribution in [1.29, 1.82) is 0 Å². The fraction of sp³-hybridized carbons (Fsp3) is 0.583. The number of aromatic nitrogens is 1. The number of aryl methyl sites for hydroxylation is 1. The molecule has 16 heavy (non-hydrogen) atoms. The van der Waals surface area contributed by atoms with Crippen molar-refractivity contribution >= 4 is 17.3 Å². The van der Waals surface area contributed by atoms with E-state index < -0.39 is 0 Å². The summed E-state index contributed by atoms with van der Waals surface area (Å²) in [5.74, 6) is 0.685. The molecule has 1 fully saturated rings. The molecule has 0 bridgehead atoms. The first-order valence-corrected chi connectivity index (χ1v) is 6.08. The van der Waals surface area contributed by atoms with E-state index in [9.17, 15) is 0 Å². The van der Waals surface area contributed by atoms with Crippen LogP contribution >= 0.6 is 11.6 Å². The van der Waals surface area contributed by atoms with Crippen molar-refractivity contribution in [2.45, 2.75) is 19.8 Å². The van der Waals surface area contributed by atoms with Crippen LogP contribution in [0, 0.1) is 12.8 Å². The van der Waals surface area contributed by atoms with E-state index in [0.29, 0.717) is 11.1 Å². The van der Waals surface area contributed by atoms with Gasteiger partial charge in [-0.05, 0) is 37.3 Å². The molecule has 0 unspecified atom stereocenters. The van der Waals surface area contributed by atoms with Crippen molar-refractivity contribution in [2.24, 2.45) is 5.92 Å². The number of hydrogen-bond acceptors (Lipinski definition) is 3. The standard InChI is InChI=1S/C12H17ClN2O/c1-9-2-5-14-12(13)11(9)15-8-10-3-6-16-7-4-10/h2,5,10,15H,3-4,6-8H2,1H3. The van der Waals surface area contributed by atoms with Crippen molar-refractivity contribution in [3.63, 3.8) is 0 Å². The average molecular weight is 241 g/mol. The number of rotatable bonds is 3. The van der Waals surface area contributed by atoms with Gasteiger partial charge in [0.2, 0.25) is 0 Å². The summed E-state index contributed by atoms with van der Waals surface area (Å²) in [6, 6.07) is 1.97. The summed E-state index contributed by atoms with van der Waals surface area (Å²) in [5.41, 5.74) is 2.11. The van der Waals surface area contributed by atoms with Crippen LogP contribution < -0.4 is 5.32 Å². The van der Waals surface area contributed by atoms with Gasteiger partial charge in [0, 0.05) is 26.0 Å². The second-order valence-corrected chi connectivity index (χ2v) is 4.59. The lowest BCUT2D eigenvalue weighted by Gasteiger charge is -2.23. The minimum atomic E-state index is 0.562. The minimum absolute atomic E-state index is 0.562. The molecular weight excluding hydrogens is 224 g/mol. The SMILES string of the molecule is Cc1ccnc(Cl)c1NCC1CCOCC1. The molecule has 1 N–H and O–H groups in total. The molecule has 1 saturated heterocycles. The molecule has 0 amide bonds. The summed E-state index contributed by atoms with van der Waals surface area (Å²) in [5, 5.41) is 3.96. The van der Waals surface area contributed by atoms with E-state index in [0.717, 1.165) is 43.9 Å². The van der Waals surface area contributed by atoms with Crippen LogP contribution in [-0.4, -0.2) is 24.7 Å². The Labute approximate surface area is 101 Å². The van der Waals surface area contributed by atoms with E-state index in [1.165, 1.54) is 0 Å². The maximum absolute atomic E-state index is 6.05. The highest BCUT2D eigenvalue weighted by molar-refractivity contribution is 6.32. The van der Waals surface area contributed by atoms with Crippen LogP contribution in [0.3, 0.4) is 0 Å². The van der Waals surface area contributed by atoms with Crippen LogP contribution in [0.15, 0.2) is 12.3 Å². The Hall–Kier alpha value is -0.800. The first-order valence-electron chi connectivity index (χ1n) is 5.70. The lowest BCUT2D eigenvalue weighted by molar-refractivity contribution is 0.0699. The van der Waals surface area contributed by atoms with Crippen LogP contribution in [-0.2, 0) is 4.74 Å². The summed E-state index contributed by atoms with van der Waals surface area (Å²) in [7, 11) is 0. The second-order valence-electron chi connectivity index (χ2n) is 4.23. The van der Waals surface area contributed by atoms with Gasteiger partial charge in [-0.1, -0.05) is 11.6 Å². The normalized spacial score (nSPS) is 17.4. The van der Waals surface area contributed by atoms with Crippen molar-refractivity contribution in [3.8, 4) is 0 Å². The highest BCUT2D eigenvalue weighted by Crippen LogP contribution is 2.24. The topological polar surface area (TPSA) is 34.2 Å². The van der Waals surface area contributed by atoms with E-state index >= 15 is 0 Å². The molecule has 0 aromatic carbocycles. The lowest BCUT2D eigenvalue weighted by Crippen LogP contribution is -2.23. The van der Waals surface area contributed by atoms with Crippen LogP contribution in [0.5, 0.6) is 0 Å². The fourth-order valence-electron chi connectivity index (χ4n) is 1.93. The quantitative estimate of drug-likeness (QED) is 0.825. The first-order chi connectivity index (χ1) is 7.77. The number of ether oxygens (including phenoxy) is 1. The summed E-state index contributed by atoms with van der Waals surface area (Å²) < 4.78 is 5.33.